The van der Waals surface area contributed by atoms with E-state index in [2.05, 4.69) is 25.7 Å². The van der Waals surface area contributed by atoms with E-state index in [1.165, 1.54) is 51.4 Å². The van der Waals surface area contributed by atoms with Crippen molar-refractivity contribution in [3.05, 3.63) is 0 Å². The molecule has 0 aromatic heterocycles. The first-order chi connectivity index (χ1) is 22.7. The molecule has 0 aromatic carbocycles. The molecule has 5 aliphatic carbocycles. The highest BCUT2D eigenvalue weighted by molar-refractivity contribution is 5.29. The van der Waals surface area contributed by atoms with Gasteiger partial charge in [-0.15, -0.1) is 0 Å². The number of alkyl halides is 2. The Morgan fingerprint density at radius 1 is 0.939 bits per heavy atom. The maximum atomic E-state index is 12.8. The first-order valence-electron chi connectivity index (χ1n) is 19.7. The summed E-state index contributed by atoms with van der Waals surface area (Å²) in [4.78, 5) is 4.28. The lowest BCUT2D eigenvalue weighted by atomic mass is 9.46. The minimum absolute atomic E-state index is 0. The van der Waals surface area contributed by atoms with E-state index in [0.717, 1.165) is 50.9 Å². The van der Waals surface area contributed by atoms with Crippen molar-refractivity contribution in [3.63, 3.8) is 0 Å². The Labute approximate surface area is 295 Å². The van der Waals surface area contributed by atoms with Crippen LogP contribution in [0, 0.1) is 45.3 Å². The molecule has 2 spiro atoms. The molecule has 0 amide bonds. The molecule has 8 fully saturated rings. The quantitative estimate of drug-likeness (QED) is 0.279. The van der Waals surface area contributed by atoms with Crippen molar-refractivity contribution in [1.82, 2.24) is 9.80 Å². The van der Waals surface area contributed by atoms with Crippen LogP contribution in [-0.2, 0) is 18.9 Å². The van der Waals surface area contributed by atoms with E-state index in [4.69, 9.17) is 18.9 Å². The lowest BCUT2D eigenvalue weighted by molar-refractivity contribution is -0.250. The van der Waals surface area contributed by atoms with Gasteiger partial charge in [0.2, 0.25) is 0 Å². The fourth-order valence-corrected chi connectivity index (χ4v) is 14.0. The number of morpholine rings is 1. The Balaban J connectivity index is 0.00000378. The third-order valence-electron chi connectivity index (χ3n) is 16.2. The molecule has 3 aliphatic heterocycles. The minimum Gasteiger partial charge on any atom is -0.388 e. The van der Waals surface area contributed by atoms with Crippen LogP contribution < -0.4 is 0 Å². The highest BCUT2D eigenvalue weighted by atomic mass is 19.3. The summed E-state index contributed by atoms with van der Waals surface area (Å²) in [5.41, 5.74) is 0.477. The van der Waals surface area contributed by atoms with Crippen LogP contribution in [0.15, 0.2) is 0 Å². The van der Waals surface area contributed by atoms with Gasteiger partial charge in [0, 0.05) is 38.8 Å². The molecule has 7 nitrogen and oxygen atoms in total. The topological polar surface area (TPSA) is 63.6 Å². The van der Waals surface area contributed by atoms with E-state index < -0.39 is 12.0 Å². The second-order valence-corrected chi connectivity index (χ2v) is 19.0. The van der Waals surface area contributed by atoms with Gasteiger partial charge in [-0.2, -0.15) is 0 Å². The van der Waals surface area contributed by atoms with Gasteiger partial charge in [0.1, 0.15) is 6.10 Å². The molecule has 8 aliphatic rings. The third-order valence-corrected chi connectivity index (χ3v) is 16.2. The van der Waals surface area contributed by atoms with E-state index in [0.29, 0.717) is 47.3 Å². The number of likely N-dealkylation sites (tertiary alicyclic amines) is 1. The standard InChI is InChI=1S/C39H64F2N2O5.CH4/c1-7-45-34(36(4,5)44)28-10-8-26-29(47-28)18-27-25-9-11-30-35(2,3)31(12-13-39(30)23-38(25,39)15-14-37(26,27)6)48-33-22-43(16-17-46-33)24-19-42(20-24)21-32(40)41;/h24-34,44H,7-23H2,1-6H3;1H4. The van der Waals surface area contributed by atoms with Crippen molar-refractivity contribution in [1.29, 1.82) is 0 Å². The van der Waals surface area contributed by atoms with Crippen LogP contribution >= 0.6 is 0 Å². The summed E-state index contributed by atoms with van der Waals surface area (Å²) >= 11 is 0. The van der Waals surface area contributed by atoms with Gasteiger partial charge in [-0.1, -0.05) is 28.2 Å². The second kappa shape index (κ2) is 12.9. The van der Waals surface area contributed by atoms with Gasteiger partial charge in [0.25, 0.3) is 6.43 Å². The average Bonchev–Trinajstić information content (AvgIpc) is 3.58. The second-order valence-electron chi connectivity index (χ2n) is 19.0. The summed E-state index contributed by atoms with van der Waals surface area (Å²) in [7, 11) is 0. The van der Waals surface area contributed by atoms with Gasteiger partial charge in [-0.25, -0.2) is 8.78 Å². The molecule has 3 saturated heterocycles. The number of hydrogen-bond donors (Lipinski definition) is 1. The Morgan fingerprint density at radius 3 is 2.41 bits per heavy atom. The van der Waals surface area contributed by atoms with Crippen LogP contribution in [0.2, 0.25) is 0 Å². The van der Waals surface area contributed by atoms with Gasteiger partial charge in [-0.3, -0.25) is 9.80 Å². The van der Waals surface area contributed by atoms with Crippen LogP contribution in [-0.4, -0.2) is 110 Å². The Bertz CT molecular complexity index is 1190. The SMILES string of the molecule is C.CCOC(C1CCC2C(CC3C4CCC5C(C)(C)C(OC6CN(C7CN(CC(F)F)C7)CCO6)CCC56CC46CCC23C)O1)C(C)(C)O. The molecule has 8 rings (SSSR count). The van der Waals surface area contributed by atoms with Gasteiger partial charge in [0.15, 0.2) is 6.29 Å². The summed E-state index contributed by atoms with van der Waals surface area (Å²) in [5.74, 6) is 2.83. The molecule has 5 saturated carbocycles. The van der Waals surface area contributed by atoms with Gasteiger partial charge in [0.05, 0.1) is 37.1 Å². The smallest absolute Gasteiger partial charge is 0.251 e. The van der Waals surface area contributed by atoms with Gasteiger partial charge in [-0.05, 0) is 130 Å². The highest BCUT2D eigenvalue weighted by Gasteiger charge is 2.80. The van der Waals surface area contributed by atoms with E-state index >= 15 is 0 Å². The van der Waals surface area contributed by atoms with Crippen molar-refractivity contribution in [3.8, 4) is 0 Å². The molecule has 0 bridgehead atoms. The number of nitrogens with zero attached hydrogens (tertiary/aromatic N) is 2. The van der Waals surface area contributed by atoms with Crippen molar-refractivity contribution < 1.29 is 32.8 Å². The third kappa shape index (κ3) is 5.80. The van der Waals surface area contributed by atoms with Crippen molar-refractivity contribution in [2.24, 2.45) is 45.3 Å². The first kappa shape index (κ1) is 36.9. The maximum absolute atomic E-state index is 12.8. The molecule has 1 N–H and O–H groups in total. The zero-order valence-electron chi connectivity index (χ0n) is 30.6. The zero-order valence-corrected chi connectivity index (χ0v) is 30.6. The lowest BCUT2D eigenvalue weighted by Crippen LogP contribution is -2.63. The Kier molecular flexibility index (Phi) is 9.69. The molecular formula is C40H68F2N2O5. The number of aliphatic hydroxyl groups is 1. The van der Waals surface area contributed by atoms with Crippen molar-refractivity contribution in [2.45, 2.75) is 162 Å². The van der Waals surface area contributed by atoms with Crippen molar-refractivity contribution >= 4 is 0 Å². The predicted molar refractivity (Wildman–Crippen MR) is 186 cm³/mol. The largest absolute Gasteiger partial charge is 0.388 e. The van der Waals surface area contributed by atoms with Crippen LogP contribution in [0.3, 0.4) is 0 Å². The van der Waals surface area contributed by atoms with E-state index in [9.17, 15) is 13.9 Å². The Morgan fingerprint density at radius 2 is 1.69 bits per heavy atom. The molecule has 49 heavy (non-hydrogen) atoms. The molecule has 0 radical (unpaired) electrons. The molecule has 0 aromatic rings. The monoisotopic (exact) mass is 695 g/mol. The van der Waals surface area contributed by atoms with E-state index in [-0.39, 0.29) is 50.1 Å². The minimum atomic E-state index is -2.26. The normalized spacial score (nSPS) is 47.1. The predicted octanol–water partition coefficient (Wildman–Crippen LogP) is 7.00. The van der Waals surface area contributed by atoms with Crippen molar-refractivity contribution in [2.75, 3.05) is 45.9 Å². The number of hydrogen-bond acceptors (Lipinski definition) is 7. The average molecular weight is 695 g/mol. The van der Waals surface area contributed by atoms with Crippen LogP contribution in [0.1, 0.15) is 113 Å². The summed E-state index contributed by atoms with van der Waals surface area (Å²) in [6, 6.07) is 0.336. The number of halogens is 2. The molecule has 282 valence electrons. The molecule has 12 atom stereocenters. The van der Waals surface area contributed by atoms with Gasteiger partial charge < -0.3 is 24.1 Å². The summed E-state index contributed by atoms with van der Waals surface area (Å²) in [6.07, 6.45) is 10.2. The fraction of sp³-hybridized carbons (Fsp3) is 1.00. The van der Waals surface area contributed by atoms with Crippen LogP contribution in [0.5, 0.6) is 0 Å². The molecule has 3 heterocycles. The van der Waals surface area contributed by atoms with Crippen LogP contribution in [0.4, 0.5) is 8.78 Å². The zero-order chi connectivity index (χ0) is 33.9. The number of ether oxygens (including phenoxy) is 4. The first-order valence-corrected chi connectivity index (χ1v) is 19.7. The van der Waals surface area contributed by atoms with E-state index in [1.807, 2.05) is 25.7 Å². The molecule has 9 heteroatoms. The Hall–Kier alpha value is -0.420. The summed E-state index contributed by atoms with van der Waals surface area (Å²) in [6.45, 7) is 17.5. The molecular weight excluding hydrogens is 626 g/mol. The number of rotatable bonds is 9. The lowest BCUT2D eigenvalue weighted by Gasteiger charge is -2.60. The maximum Gasteiger partial charge on any atom is 0.251 e. The summed E-state index contributed by atoms with van der Waals surface area (Å²) < 4.78 is 51.8. The van der Waals surface area contributed by atoms with Gasteiger partial charge >= 0.3 is 0 Å². The fourth-order valence-electron chi connectivity index (χ4n) is 14.0. The molecule has 12 unspecified atom stereocenters. The highest BCUT2D eigenvalue weighted by Crippen LogP contribution is 2.87. The summed E-state index contributed by atoms with van der Waals surface area (Å²) in [5, 5.41) is 10.9. The van der Waals surface area contributed by atoms with Crippen LogP contribution in [0.25, 0.3) is 0 Å². The van der Waals surface area contributed by atoms with E-state index in [1.54, 1.807) is 0 Å². The number of fused-ring (bicyclic) bond motifs is 4.